The van der Waals surface area contributed by atoms with Gasteiger partial charge in [-0.3, -0.25) is 9.69 Å². The summed E-state index contributed by atoms with van der Waals surface area (Å²) < 4.78 is 0. The monoisotopic (exact) mass is 234 g/mol. The van der Waals surface area contributed by atoms with Gasteiger partial charge < -0.3 is 10.0 Å². The van der Waals surface area contributed by atoms with Crippen molar-refractivity contribution in [1.29, 1.82) is 0 Å². The molecule has 0 aliphatic carbocycles. The van der Waals surface area contributed by atoms with E-state index in [0.29, 0.717) is 13.0 Å². The van der Waals surface area contributed by atoms with Crippen LogP contribution >= 0.6 is 0 Å². The first-order chi connectivity index (χ1) is 8.20. The van der Waals surface area contributed by atoms with Crippen LogP contribution < -0.4 is 4.90 Å². The SMILES string of the molecule is CN1CCN(c2cccc(CCO)c2)C(=O)C1. The zero-order valence-electron chi connectivity index (χ0n) is 10.1. The average Bonchev–Trinajstić information content (AvgIpc) is 2.29. The van der Waals surface area contributed by atoms with Crippen LogP contribution in [-0.4, -0.2) is 49.2 Å². The molecule has 1 aromatic rings. The third kappa shape index (κ3) is 2.84. The smallest absolute Gasteiger partial charge is 0.241 e. The van der Waals surface area contributed by atoms with Gasteiger partial charge in [0.15, 0.2) is 0 Å². The molecule has 17 heavy (non-hydrogen) atoms. The number of amides is 1. The van der Waals surface area contributed by atoms with Crippen molar-refractivity contribution in [2.45, 2.75) is 6.42 Å². The number of anilines is 1. The van der Waals surface area contributed by atoms with Gasteiger partial charge in [-0.2, -0.15) is 0 Å². The van der Waals surface area contributed by atoms with Gasteiger partial charge in [0.05, 0.1) is 6.54 Å². The van der Waals surface area contributed by atoms with Gasteiger partial charge in [0.25, 0.3) is 0 Å². The Kier molecular flexibility index (Phi) is 3.76. The van der Waals surface area contributed by atoms with Crippen LogP contribution in [0.3, 0.4) is 0 Å². The van der Waals surface area contributed by atoms with E-state index in [2.05, 4.69) is 0 Å². The Morgan fingerprint density at radius 3 is 2.88 bits per heavy atom. The van der Waals surface area contributed by atoms with Crippen LogP contribution in [0, 0.1) is 0 Å². The molecule has 0 bridgehead atoms. The number of carbonyl (C=O) groups is 1. The number of aliphatic hydroxyl groups is 1. The average molecular weight is 234 g/mol. The van der Waals surface area contributed by atoms with Crippen LogP contribution in [0.15, 0.2) is 24.3 Å². The fourth-order valence-electron chi connectivity index (χ4n) is 2.07. The Labute approximate surface area is 101 Å². The topological polar surface area (TPSA) is 43.8 Å². The highest BCUT2D eigenvalue weighted by molar-refractivity contribution is 5.95. The van der Waals surface area contributed by atoms with E-state index in [1.54, 1.807) is 0 Å². The molecule has 92 valence electrons. The normalized spacial score (nSPS) is 17.5. The van der Waals surface area contributed by atoms with Crippen molar-refractivity contribution in [3.8, 4) is 0 Å². The van der Waals surface area contributed by atoms with Crippen LogP contribution in [0.2, 0.25) is 0 Å². The number of hydrogen-bond donors (Lipinski definition) is 1. The molecule has 0 atom stereocenters. The van der Waals surface area contributed by atoms with Gasteiger partial charge in [-0.1, -0.05) is 12.1 Å². The minimum atomic E-state index is 0.139. The molecule has 1 aromatic carbocycles. The Balaban J connectivity index is 2.16. The lowest BCUT2D eigenvalue weighted by atomic mass is 10.1. The number of hydrogen-bond acceptors (Lipinski definition) is 3. The molecule has 4 heteroatoms. The minimum absolute atomic E-state index is 0.139. The zero-order valence-corrected chi connectivity index (χ0v) is 10.1. The molecule has 4 nitrogen and oxygen atoms in total. The van der Waals surface area contributed by atoms with Crippen LogP contribution in [0.5, 0.6) is 0 Å². The summed E-state index contributed by atoms with van der Waals surface area (Å²) in [5.74, 6) is 0.139. The fourth-order valence-corrected chi connectivity index (χ4v) is 2.07. The van der Waals surface area contributed by atoms with E-state index < -0.39 is 0 Å². The first-order valence-electron chi connectivity index (χ1n) is 5.89. The predicted molar refractivity (Wildman–Crippen MR) is 67.1 cm³/mol. The quantitative estimate of drug-likeness (QED) is 0.828. The van der Waals surface area contributed by atoms with Crippen molar-refractivity contribution < 1.29 is 9.90 Å². The van der Waals surface area contributed by atoms with Crippen LogP contribution in [0.4, 0.5) is 5.69 Å². The van der Waals surface area contributed by atoms with Crippen molar-refractivity contribution in [1.82, 2.24) is 4.90 Å². The molecule has 0 unspecified atom stereocenters. The molecule has 1 fully saturated rings. The first-order valence-corrected chi connectivity index (χ1v) is 5.89. The van der Waals surface area contributed by atoms with Gasteiger partial charge in [0, 0.05) is 25.4 Å². The maximum absolute atomic E-state index is 11.9. The molecule has 0 aromatic heterocycles. The number of nitrogens with zero attached hydrogens (tertiary/aromatic N) is 2. The molecular weight excluding hydrogens is 216 g/mol. The first kappa shape index (κ1) is 12.1. The van der Waals surface area contributed by atoms with Crippen molar-refractivity contribution in [2.24, 2.45) is 0 Å². The summed E-state index contributed by atoms with van der Waals surface area (Å²) in [6.07, 6.45) is 0.635. The Bertz CT molecular complexity index is 406. The van der Waals surface area contributed by atoms with Gasteiger partial charge in [0.2, 0.25) is 5.91 Å². The highest BCUT2D eigenvalue weighted by Gasteiger charge is 2.22. The van der Waals surface area contributed by atoms with Gasteiger partial charge in [-0.05, 0) is 31.2 Å². The van der Waals surface area contributed by atoms with Gasteiger partial charge in [-0.25, -0.2) is 0 Å². The molecule has 0 radical (unpaired) electrons. The Morgan fingerprint density at radius 2 is 2.18 bits per heavy atom. The second-order valence-corrected chi connectivity index (χ2v) is 4.43. The number of aliphatic hydroxyl groups excluding tert-OH is 1. The summed E-state index contributed by atoms with van der Waals surface area (Å²) >= 11 is 0. The summed E-state index contributed by atoms with van der Waals surface area (Å²) in [5.41, 5.74) is 2.01. The second kappa shape index (κ2) is 5.29. The van der Waals surface area contributed by atoms with Gasteiger partial charge in [-0.15, -0.1) is 0 Å². The Hall–Kier alpha value is -1.39. The summed E-state index contributed by atoms with van der Waals surface area (Å²) in [5, 5.41) is 8.92. The molecule has 2 rings (SSSR count). The number of likely N-dealkylation sites (N-methyl/N-ethyl adjacent to an activating group) is 1. The van der Waals surface area contributed by atoms with Crippen molar-refractivity contribution >= 4 is 11.6 Å². The maximum atomic E-state index is 11.9. The molecule has 1 aliphatic rings. The van der Waals surface area contributed by atoms with Crippen LogP contribution in [0.1, 0.15) is 5.56 Å². The third-order valence-corrected chi connectivity index (χ3v) is 3.03. The molecule has 0 saturated carbocycles. The predicted octanol–water partition coefficient (Wildman–Crippen LogP) is 0.500. The van der Waals surface area contributed by atoms with Gasteiger partial charge >= 0.3 is 0 Å². The number of rotatable bonds is 3. The van der Waals surface area contributed by atoms with E-state index in [1.165, 1.54) is 0 Å². The van der Waals surface area contributed by atoms with E-state index in [1.807, 2.05) is 41.1 Å². The standard InChI is InChI=1S/C13H18N2O2/c1-14-6-7-15(13(17)10-14)12-4-2-3-11(9-12)5-8-16/h2-4,9,16H,5-8,10H2,1H3. The molecular formula is C13H18N2O2. The van der Waals surface area contributed by atoms with Crippen molar-refractivity contribution in [3.63, 3.8) is 0 Å². The number of carbonyl (C=O) groups excluding carboxylic acids is 1. The lowest BCUT2D eigenvalue weighted by Crippen LogP contribution is -2.48. The zero-order chi connectivity index (χ0) is 12.3. The largest absolute Gasteiger partial charge is 0.396 e. The summed E-state index contributed by atoms with van der Waals surface area (Å²) in [6, 6.07) is 7.84. The highest BCUT2D eigenvalue weighted by atomic mass is 16.3. The molecule has 1 N–H and O–H groups in total. The summed E-state index contributed by atoms with van der Waals surface area (Å²) in [6.45, 7) is 2.25. The van der Waals surface area contributed by atoms with E-state index in [4.69, 9.17) is 5.11 Å². The van der Waals surface area contributed by atoms with E-state index in [9.17, 15) is 4.79 Å². The number of piperazine rings is 1. The second-order valence-electron chi connectivity index (χ2n) is 4.43. The van der Waals surface area contributed by atoms with E-state index >= 15 is 0 Å². The number of benzene rings is 1. The Morgan fingerprint density at radius 1 is 1.35 bits per heavy atom. The van der Waals surface area contributed by atoms with Crippen LogP contribution in [0.25, 0.3) is 0 Å². The molecule has 1 saturated heterocycles. The minimum Gasteiger partial charge on any atom is -0.396 e. The van der Waals surface area contributed by atoms with E-state index in [-0.39, 0.29) is 12.5 Å². The third-order valence-electron chi connectivity index (χ3n) is 3.03. The lowest BCUT2D eigenvalue weighted by molar-refractivity contribution is -0.120. The lowest BCUT2D eigenvalue weighted by Gasteiger charge is -2.32. The maximum Gasteiger partial charge on any atom is 0.241 e. The van der Waals surface area contributed by atoms with Crippen molar-refractivity contribution in [2.75, 3.05) is 38.2 Å². The fraction of sp³-hybridized carbons (Fsp3) is 0.462. The molecule has 1 aliphatic heterocycles. The van der Waals surface area contributed by atoms with Gasteiger partial charge in [0.1, 0.15) is 0 Å². The van der Waals surface area contributed by atoms with Crippen molar-refractivity contribution in [3.05, 3.63) is 29.8 Å². The molecule has 0 spiro atoms. The summed E-state index contributed by atoms with van der Waals surface area (Å²) in [7, 11) is 1.96. The molecule has 1 amide bonds. The highest BCUT2D eigenvalue weighted by Crippen LogP contribution is 2.18. The van der Waals surface area contributed by atoms with E-state index in [0.717, 1.165) is 24.3 Å². The van der Waals surface area contributed by atoms with Crippen LogP contribution in [-0.2, 0) is 11.2 Å². The summed E-state index contributed by atoms with van der Waals surface area (Å²) in [4.78, 5) is 15.8. The molecule has 1 heterocycles.